The fourth-order valence-corrected chi connectivity index (χ4v) is 4.09. The highest BCUT2D eigenvalue weighted by Crippen LogP contribution is 2.36. The van der Waals surface area contributed by atoms with E-state index in [1.54, 1.807) is 26.2 Å². The number of nitrogens with one attached hydrogen (secondary N) is 2. The number of benzene rings is 3. The molecule has 0 bridgehead atoms. The Labute approximate surface area is 233 Å². The molecule has 0 unspecified atom stereocenters. The van der Waals surface area contributed by atoms with Gasteiger partial charge in [0.1, 0.15) is 23.1 Å². The Bertz CT molecular complexity index is 1540. The van der Waals surface area contributed by atoms with E-state index in [1.165, 1.54) is 48.6 Å². The van der Waals surface area contributed by atoms with Crippen LogP contribution in [0.15, 0.2) is 83.3 Å². The van der Waals surface area contributed by atoms with Gasteiger partial charge in [-0.05, 0) is 66.6 Å². The smallest absolute Gasteiger partial charge is 0.416 e. The molecule has 0 aliphatic carbocycles. The highest BCUT2D eigenvalue weighted by Gasteiger charge is 2.31. The second-order valence-corrected chi connectivity index (χ2v) is 8.94. The van der Waals surface area contributed by atoms with Crippen LogP contribution in [-0.2, 0) is 23.9 Å². The fraction of sp³-hybridized carbons (Fsp3) is 0.161. The lowest BCUT2D eigenvalue weighted by atomic mass is 10.00. The zero-order valence-electron chi connectivity index (χ0n) is 22.1. The predicted octanol–water partition coefficient (Wildman–Crippen LogP) is 7.26. The zero-order valence-corrected chi connectivity index (χ0v) is 22.1. The molecule has 10 heteroatoms. The van der Waals surface area contributed by atoms with Gasteiger partial charge in [-0.1, -0.05) is 31.2 Å². The van der Waals surface area contributed by atoms with Crippen molar-refractivity contribution in [2.75, 3.05) is 12.4 Å². The average molecular weight is 567 g/mol. The van der Waals surface area contributed by atoms with E-state index >= 15 is 0 Å². The SMILES string of the molecule is CCc1c(/C=C/C(=O)NCc2ccc(OC)cc2)oc(-c2ccc(C(F)(F)F)cc2)c1C(=O)Nc1ccc(F)cc1. The molecule has 41 heavy (non-hydrogen) atoms. The van der Waals surface area contributed by atoms with E-state index in [1.807, 2.05) is 12.1 Å². The van der Waals surface area contributed by atoms with E-state index < -0.39 is 29.4 Å². The van der Waals surface area contributed by atoms with Crippen LogP contribution in [0.4, 0.5) is 23.2 Å². The molecule has 0 atom stereocenters. The van der Waals surface area contributed by atoms with Gasteiger partial charge >= 0.3 is 6.18 Å². The van der Waals surface area contributed by atoms with Crippen molar-refractivity contribution >= 4 is 23.6 Å². The number of carbonyl (C=O) groups excluding carboxylic acids is 2. The minimum atomic E-state index is -4.54. The van der Waals surface area contributed by atoms with Crippen molar-refractivity contribution in [1.82, 2.24) is 5.32 Å². The lowest BCUT2D eigenvalue weighted by molar-refractivity contribution is -0.137. The number of amides is 2. The van der Waals surface area contributed by atoms with Crippen molar-refractivity contribution in [3.05, 3.63) is 113 Å². The number of halogens is 4. The summed E-state index contributed by atoms with van der Waals surface area (Å²) in [5, 5.41) is 5.43. The summed E-state index contributed by atoms with van der Waals surface area (Å²) < 4.78 is 63.9. The largest absolute Gasteiger partial charge is 0.497 e. The van der Waals surface area contributed by atoms with Gasteiger partial charge < -0.3 is 19.8 Å². The number of rotatable bonds is 9. The summed E-state index contributed by atoms with van der Waals surface area (Å²) in [6, 6.07) is 16.5. The molecule has 4 aromatic rings. The molecule has 0 aliphatic rings. The third-order valence-electron chi connectivity index (χ3n) is 6.21. The van der Waals surface area contributed by atoms with Crippen molar-refractivity contribution in [1.29, 1.82) is 0 Å². The van der Waals surface area contributed by atoms with E-state index in [4.69, 9.17) is 9.15 Å². The Kier molecular flexibility index (Phi) is 8.91. The van der Waals surface area contributed by atoms with E-state index in [2.05, 4.69) is 10.6 Å². The number of furan rings is 1. The average Bonchev–Trinajstić information content (AvgIpc) is 3.34. The number of anilines is 1. The third kappa shape index (κ3) is 7.21. The minimum Gasteiger partial charge on any atom is -0.497 e. The molecule has 0 fully saturated rings. The summed E-state index contributed by atoms with van der Waals surface area (Å²) >= 11 is 0. The van der Waals surface area contributed by atoms with Crippen LogP contribution in [0.1, 0.15) is 39.7 Å². The van der Waals surface area contributed by atoms with Crippen molar-refractivity contribution in [3.63, 3.8) is 0 Å². The second-order valence-electron chi connectivity index (χ2n) is 8.94. The molecule has 0 radical (unpaired) electrons. The summed E-state index contributed by atoms with van der Waals surface area (Å²) in [4.78, 5) is 25.9. The van der Waals surface area contributed by atoms with E-state index in [0.717, 1.165) is 17.7 Å². The van der Waals surface area contributed by atoms with Crippen molar-refractivity contribution in [2.45, 2.75) is 26.1 Å². The molecule has 212 valence electrons. The van der Waals surface area contributed by atoms with Gasteiger partial charge in [-0.2, -0.15) is 13.2 Å². The number of methoxy groups -OCH3 is 1. The molecule has 3 aromatic carbocycles. The summed E-state index contributed by atoms with van der Waals surface area (Å²) in [5.74, 6) is -0.584. The molecule has 0 saturated carbocycles. The first-order valence-corrected chi connectivity index (χ1v) is 12.6. The van der Waals surface area contributed by atoms with Crippen LogP contribution in [-0.4, -0.2) is 18.9 Å². The summed E-state index contributed by atoms with van der Waals surface area (Å²) in [5.41, 5.74) is 1.08. The van der Waals surface area contributed by atoms with Gasteiger partial charge in [-0.25, -0.2) is 4.39 Å². The molecular formula is C31H26F4N2O4. The van der Waals surface area contributed by atoms with Crippen molar-refractivity contribution in [3.8, 4) is 17.1 Å². The zero-order chi connectivity index (χ0) is 29.6. The molecule has 6 nitrogen and oxygen atoms in total. The topological polar surface area (TPSA) is 80.6 Å². The summed E-state index contributed by atoms with van der Waals surface area (Å²) in [7, 11) is 1.56. The number of carbonyl (C=O) groups is 2. The molecule has 0 saturated heterocycles. The van der Waals surface area contributed by atoms with Gasteiger partial charge in [0.05, 0.1) is 18.2 Å². The number of hydrogen-bond acceptors (Lipinski definition) is 4. The summed E-state index contributed by atoms with van der Waals surface area (Å²) in [6.45, 7) is 2.03. The van der Waals surface area contributed by atoms with Crippen molar-refractivity contribution < 1.29 is 36.3 Å². The van der Waals surface area contributed by atoms with E-state index in [0.29, 0.717) is 23.4 Å². The molecule has 2 amide bonds. The van der Waals surface area contributed by atoms with Crippen LogP contribution in [0.2, 0.25) is 0 Å². The van der Waals surface area contributed by atoms with E-state index in [-0.39, 0.29) is 29.2 Å². The maximum Gasteiger partial charge on any atom is 0.416 e. The number of ether oxygens (including phenoxy) is 1. The Hall–Kier alpha value is -4.86. The van der Waals surface area contributed by atoms with Gasteiger partial charge in [0.15, 0.2) is 0 Å². The normalized spacial score (nSPS) is 11.5. The quantitative estimate of drug-likeness (QED) is 0.165. The van der Waals surface area contributed by atoms with Crippen LogP contribution in [0.3, 0.4) is 0 Å². The lowest BCUT2D eigenvalue weighted by Crippen LogP contribution is -2.20. The molecule has 1 heterocycles. The standard InChI is InChI=1S/C31H26F4N2O4/c1-3-25-26(16-17-27(38)36-18-19-4-14-24(40-2)15-5-19)41-29(20-6-8-21(9-7-20)31(33,34)35)28(25)30(39)37-23-12-10-22(32)11-13-23/h4-17H,3,18H2,1-2H3,(H,36,38)(H,37,39)/b17-16+. The maximum absolute atomic E-state index is 13.4. The Morgan fingerprint density at radius 2 is 1.61 bits per heavy atom. The minimum absolute atomic E-state index is 0.0356. The van der Waals surface area contributed by atoms with Crippen LogP contribution >= 0.6 is 0 Å². The maximum atomic E-state index is 13.4. The summed E-state index contributed by atoms with van der Waals surface area (Å²) in [6.07, 6.45) is -1.57. The van der Waals surface area contributed by atoms with Gasteiger partial charge in [0.2, 0.25) is 5.91 Å². The number of alkyl halides is 3. The molecule has 2 N–H and O–H groups in total. The highest BCUT2D eigenvalue weighted by atomic mass is 19.4. The van der Waals surface area contributed by atoms with Crippen LogP contribution < -0.4 is 15.4 Å². The number of hydrogen-bond donors (Lipinski definition) is 2. The lowest BCUT2D eigenvalue weighted by Gasteiger charge is -2.09. The molecule has 4 rings (SSSR count). The van der Waals surface area contributed by atoms with Gasteiger partial charge in [-0.15, -0.1) is 0 Å². The predicted molar refractivity (Wildman–Crippen MR) is 147 cm³/mol. The van der Waals surface area contributed by atoms with Crippen LogP contribution in [0.25, 0.3) is 17.4 Å². The van der Waals surface area contributed by atoms with Crippen LogP contribution in [0.5, 0.6) is 5.75 Å². The second kappa shape index (κ2) is 12.5. The molecule has 0 aliphatic heterocycles. The van der Waals surface area contributed by atoms with Gasteiger partial charge in [0, 0.05) is 29.4 Å². The van der Waals surface area contributed by atoms with E-state index in [9.17, 15) is 27.2 Å². The molecule has 1 aromatic heterocycles. The van der Waals surface area contributed by atoms with Crippen molar-refractivity contribution in [2.24, 2.45) is 0 Å². The highest BCUT2D eigenvalue weighted by molar-refractivity contribution is 6.09. The van der Waals surface area contributed by atoms with Gasteiger partial charge in [0.25, 0.3) is 5.91 Å². The third-order valence-corrected chi connectivity index (χ3v) is 6.21. The first kappa shape index (κ1) is 29.1. The molecule has 0 spiro atoms. The first-order chi connectivity index (χ1) is 19.6. The Morgan fingerprint density at radius 3 is 2.20 bits per heavy atom. The monoisotopic (exact) mass is 566 g/mol. The Morgan fingerprint density at radius 1 is 0.951 bits per heavy atom. The Balaban J connectivity index is 1.64. The fourth-order valence-electron chi connectivity index (χ4n) is 4.09. The molecular weight excluding hydrogens is 540 g/mol. The van der Waals surface area contributed by atoms with Gasteiger partial charge in [-0.3, -0.25) is 9.59 Å². The first-order valence-electron chi connectivity index (χ1n) is 12.6. The van der Waals surface area contributed by atoms with Crippen LogP contribution in [0, 0.1) is 5.82 Å².